The smallest absolute Gasteiger partial charge is 0.368 e. The number of nitrogens with zero attached hydrogens (tertiary/aromatic N) is 2. The Morgan fingerprint density at radius 3 is 2.58 bits per heavy atom. The summed E-state index contributed by atoms with van der Waals surface area (Å²) >= 11 is 6.15. The van der Waals surface area contributed by atoms with Crippen molar-refractivity contribution in [2.75, 3.05) is 23.3 Å². The highest BCUT2D eigenvalue weighted by molar-refractivity contribution is 6.33. The number of halogens is 4. The van der Waals surface area contributed by atoms with Crippen LogP contribution < -0.4 is 15.5 Å². The molecule has 2 aliphatic rings. The van der Waals surface area contributed by atoms with Crippen LogP contribution in [0.5, 0.6) is 0 Å². The summed E-state index contributed by atoms with van der Waals surface area (Å²) in [6, 6.07) is 6.31. The van der Waals surface area contributed by atoms with Crippen LogP contribution in [0.2, 0.25) is 5.02 Å². The molecule has 1 aromatic heterocycles. The highest BCUT2D eigenvalue weighted by atomic mass is 35.5. The minimum atomic E-state index is -4.46. The summed E-state index contributed by atoms with van der Waals surface area (Å²) < 4.78 is 38.8. The zero-order valence-electron chi connectivity index (χ0n) is 18.0. The maximum absolute atomic E-state index is 12.9. The van der Waals surface area contributed by atoms with E-state index in [0.717, 1.165) is 37.8 Å². The molecule has 0 bridgehead atoms. The van der Waals surface area contributed by atoms with E-state index in [9.17, 15) is 22.8 Å². The Hall–Kier alpha value is -2.81. The molecule has 1 unspecified atom stereocenters. The third-order valence-corrected chi connectivity index (χ3v) is 6.09. The van der Waals surface area contributed by atoms with Gasteiger partial charge in [-0.15, -0.1) is 0 Å². The van der Waals surface area contributed by atoms with Crippen LogP contribution in [0, 0.1) is 12.8 Å². The third kappa shape index (κ3) is 5.76. The number of anilines is 2. The first-order valence-corrected chi connectivity index (χ1v) is 11.2. The van der Waals surface area contributed by atoms with Gasteiger partial charge in [-0.25, -0.2) is 4.98 Å². The van der Waals surface area contributed by atoms with Gasteiger partial charge < -0.3 is 15.5 Å². The van der Waals surface area contributed by atoms with Crippen molar-refractivity contribution in [2.45, 2.75) is 44.8 Å². The van der Waals surface area contributed by atoms with Crippen LogP contribution >= 0.6 is 11.6 Å². The van der Waals surface area contributed by atoms with Crippen molar-refractivity contribution in [1.29, 1.82) is 0 Å². The fourth-order valence-electron chi connectivity index (χ4n) is 3.96. The Morgan fingerprint density at radius 1 is 1.15 bits per heavy atom. The fourth-order valence-corrected chi connectivity index (χ4v) is 4.26. The molecule has 2 aromatic rings. The molecule has 176 valence electrons. The zero-order chi connectivity index (χ0) is 23.8. The van der Waals surface area contributed by atoms with E-state index in [1.807, 2.05) is 4.90 Å². The van der Waals surface area contributed by atoms with Crippen molar-refractivity contribution in [2.24, 2.45) is 5.92 Å². The second kappa shape index (κ2) is 9.21. The van der Waals surface area contributed by atoms with Gasteiger partial charge in [0.25, 0.3) is 5.91 Å². The lowest BCUT2D eigenvalue weighted by atomic mass is 10.0. The molecule has 2 amide bonds. The van der Waals surface area contributed by atoms with Crippen LogP contribution in [-0.4, -0.2) is 35.9 Å². The van der Waals surface area contributed by atoms with Gasteiger partial charge in [0.05, 0.1) is 16.3 Å². The summed E-state index contributed by atoms with van der Waals surface area (Å²) in [5.41, 5.74) is 0.707. The predicted octanol–water partition coefficient (Wildman–Crippen LogP) is 4.81. The minimum absolute atomic E-state index is 0.0230. The molecule has 1 aliphatic carbocycles. The Balaban J connectivity index is 1.43. The van der Waals surface area contributed by atoms with E-state index in [2.05, 4.69) is 15.6 Å². The standard InChI is InChI=1S/C23H24ClF3N4O2/c1-13-9-15(10-20(28-13)30-21(32)14-4-5-14)22(33)29-17-3-2-8-31(12-17)19-7-6-16(11-18(19)24)23(25,26)27/h6-7,9-11,14,17H,2-5,8,12H2,1H3,(H,29,33)(H,28,30,32). The van der Waals surface area contributed by atoms with Crippen molar-refractivity contribution in [1.82, 2.24) is 10.3 Å². The van der Waals surface area contributed by atoms with Gasteiger partial charge in [-0.2, -0.15) is 13.2 Å². The number of carbonyl (C=O) groups excluding carboxylic acids is 2. The number of aryl methyl sites for hydroxylation is 1. The molecular formula is C23H24ClF3N4O2. The maximum atomic E-state index is 12.9. The van der Waals surface area contributed by atoms with Gasteiger partial charge in [0.1, 0.15) is 5.82 Å². The Morgan fingerprint density at radius 2 is 1.91 bits per heavy atom. The molecule has 1 aliphatic heterocycles. The Kier molecular flexibility index (Phi) is 6.52. The molecule has 2 fully saturated rings. The number of nitrogens with one attached hydrogen (secondary N) is 2. The summed E-state index contributed by atoms with van der Waals surface area (Å²) in [7, 11) is 0. The van der Waals surface area contributed by atoms with E-state index >= 15 is 0 Å². The van der Waals surface area contributed by atoms with Crippen LogP contribution in [0.25, 0.3) is 0 Å². The normalized spacial score (nSPS) is 18.7. The van der Waals surface area contributed by atoms with Crippen LogP contribution in [0.15, 0.2) is 30.3 Å². The molecule has 1 atom stereocenters. The van der Waals surface area contributed by atoms with E-state index in [1.54, 1.807) is 19.1 Å². The monoisotopic (exact) mass is 480 g/mol. The van der Waals surface area contributed by atoms with Gasteiger partial charge in [0.15, 0.2) is 0 Å². The molecule has 33 heavy (non-hydrogen) atoms. The molecule has 6 nitrogen and oxygen atoms in total. The number of hydrogen-bond acceptors (Lipinski definition) is 4. The van der Waals surface area contributed by atoms with Crippen LogP contribution in [0.3, 0.4) is 0 Å². The second-order valence-corrected chi connectivity index (χ2v) is 8.98. The van der Waals surface area contributed by atoms with Crippen molar-refractivity contribution in [3.05, 3.63) is 52.2 Å². The number of rotatable bonds is 5. The minimum Gasteiger partial charge on any atom is -0.368 e. The van der Waals surface area contributed by atoms with Crippen molar-refractivity contribution >= 4 is 34.9 Å². The molecule has 0 radical (unpaired) electrons. The van der Waals surface area contributed by atoms with E-state index in [0.29, 0.717) is 35.9 Å². The Bertz CT molecular complexity index is 1070. The van der Waals surface area contributed by atoms with Crippen LogP contribution in [0.1, 0.15) is 47.3 Å². The van der Waals surface area contributed by atoms with Gasteiger partial charge in [0, 0.05) is 36.3 Å². The van der Waals surface area contributed by atoms with Gasteiger partial charge in [0.2, 0.25) is 5.91 Å². The number of aromatic nitrogens is 1. The summed E-state index contributed by atoms with van der Waals surface area (Å²) in [6.07, 6.45) is -1.24. The average molecular weight is 481 g/mol. The van der Waals surface area contributed by atoms with Crippen LogP contribution in [0.4, 0.5) is 24.7 Å². The lowest BCUT2D eigenvalue weighted by molar-refractivity contribution is -0.137. The second-order valence-electron chi connectivity index (χ2n) is 8.57. The van der Waals surface area contributed by atoms with E-state index < -0.39 is 11.7 Å². The number of benzene rings is 1. The van der Waals surface area contributed by atoms with Crippen molar-refractivity contribution in [3.8, 4) is 0 Å². The zero-order valence-corrected chi connectivity index (χ0v) is 18.8. The maximum Gasteiger partial charge on any atom is 0.416 e. The lowest BCUT2D eigenvalue weighted by Gasteiger charge is -2.35. The predicted molar refractivity (Wildman–Crippen MR) is 119 cm³/mol. The van der Waals surface area contributed by atoms with Crippen molar-refractivity contribution in [3.63, 3.8) is 0 Å². The number of carbonyl (C=O) groups is 2. The molecule has 10 heteroatoms. The van der Waals surface area contributed by atoms with E-state index in [1.165, 1.54) is 6.07 Å². The number of hydrogen-bond donors (Lipinski definition) is 2. The number of amides is 2. The Labute approximate surface area is 194 Å². The largest absolute Gasteiger partial charge is 0.416 e. The molecule has 1 saturated carbocycles. The number of alkyl halides is 3. The van der Waals surface area contributed by atoms with E-state index in [4.69, 9.17) is 11.6 Å². The average Bonchev–Trinajstić information content (AvgIpc) is 3.58. The van der Waals surface area contributed by atoms with Gasteiger partial charge in [-0.3, -0.25) is 9.59 Å². The highest BCUT2D eigenvalue weighted by Crippen LogP contribution is 2.36. The topological polar surface area (TPSA) is 74.3 Å². The van der Waals surface area contributed by atoms with Gasteiger partial charge in [-0.05, 0) is 62.9 Å². The molecular weight excluding hydrogens is 457 g/mol. The molecule has 1 aromatic carbocycles. The third-order valence-electron chi connectivity index (χ3n) is 5.79. The summed E-state index contributed by atoms with van der Waals surface area (Å²) in [4.78, 5) is 31.1. The molecule has 2 heterocycles. The molecule has 0 spiro atoms. The first-order valence-electron chi connectivity index (χ1n) is 10.8. The first-order chi connectivity index (χ1) is 15.6. The summed E-state index contributed by atoms with van der Waals surface area (Å²) in [5.74, 6) is -0.0164. The quantitative estimate of drug-likeness (QED) is 0.644. The molecule has 4 rings (SSSR count). The summed E-state index contributed by atoms with van der Waals surface area (Å²) in [5, 5.41) is 5.77. The lowest BCUT2D eigenvalue weighted by Crippen LogP contribution is -2.48. The summed E-state index contributed by atoms with van der Waals surface area (Å²) in [6.45, 7) is 2.80. The highest BCUT2D eigenvalue weighted by Gasteiger charge is 2.32. The molecule has 1 saturated heterocycles. The number of pyridine rings is 1. The van der Waals surface area contributed by atoms with Gasteiger partial charge >= 0.3 is 6.18 Å². The first kappa shape index (κ1) is 23.4. The SMILES string of the molecule is Cc1cc(C(=O)NC2CCCN(c3ccc(C(F)(F)F)cc3Cl)C2)cc(NC(=O)C2CC2)n1. The van der Waals surface area contributed by atoms with Gasteiger partial charge in [-0.1, -0.05) is 11.6 Å². The van der Waals surface area contributed by atoms with Crippen LogP contribution in [-0.2, 0) is 11.0 Å². The van der Waals surface area contributed by atoms with E-state index in [-0.39, 0.29) is 28.8 Å². The molecule has 2 N–H and O–H groups in total. The fraction of sp³-hybridized carbons (Fsp3) is 0.435. The number of piperidine rings is 1. The van der Waals surface area contributed by atoms with Crippen molar-refractivity contribution < 1.29 is 22.8 Å².